The lowest BCUT2D eigenvalue weighted by atomic mass is 9.96. The summed E-state index contributed by atoms with van der Waals surface area (Å²) in [6, 6.07) is 2.82. The van der Waals surface area contributed by atoms with Crippen LogP contribution in [0.4, 0.5) is 0 Å². The van der Waals surface area contributed by atoms with Gasteiger partial charge in [-0.2, -0.15) is 0 Å². The first-order valence-corrected chi connectivity index (χ1v) is 9.39. The van der Waals surface area contributed by atoms with Crippen molar-refractivity contribution in [1.82, 2.24) is 10.6 Å². The average molecular weight is 336 g/mol. The molecule has 1 aromatic rings. The van der Waals surface area contributed by atoms with Crippen molar-refractivity contribution in [3.8, 4) is 0 Å². The first kappa shape index (κ1) is 16.5. The third kappa shape index (κ3) is 4.12. The predicted octanol–water partition coefficient (Wildman–Crippen LogP) is 0.281. The zero-order valence-corrected chi connectivity index (χ0v) is 14.7. The lowest BCUT2D eigenvalue weighted by Gasteiger charge is -2.32. The minimum Gasteiger partial charge on any atom is -0.352 e. The van der Waals surface area contributed by atoms with E-state index < -0.39 is 0 Å². The van der Waals surface area contributed by atoms with Crippen molar-refractivity contribution in [3.05, 3.63) is 21.9 Å². The maximum atomic E-state index is 12.2. The standard InChI is InChI=1S/C17H25N3O2S/c1-11(2)19-15(21)9-18-16(22)10-20-7-5-14-13(6-8-23-14)17(20)12-3-4-12/h6,8,11-12,17H,3-5,7,9-10H2,1-2H3,(H,18,22)(H,19,21)/p+1/t17-/m0/s1. The summed E-state index contributed by atoms with van der Waals surface area (Å²) in [4.78, 5) is 26.7. The minimum absolute atomic E-state index is 0.0248. The van der Waals surface area contributed by atoms with Crippen molar-refractivity contribution in [2.75, 3.05) is 19.6 Å². The van der Waals surface area contributed by atoms with Gasteiger partial charge in [0.1, 0.15) is 6.04 Å². The quantitative estimate of drug-likeness (QED) is 0.699. The van der Waals surface area contributed by atoms with E-state index in [1.54, 1.807) is 0 Å². The molecule has 2 amide bonds. The lowest BCUT2D eigenvalue weighted by Crippen LogP contribution is -3.14. The number of rotatable bonds is 6. The zero-order chi connectivity index (χ0) is 16.4. The number of thiophene rings is 1. The van der Waals surface area contributed by atoms with E-state index in [-0.39, 0.29) is 24.4 Å². The Kier molecular flexibility index (Phi) is 5.02. The predicted molar refractivity (Wildman–Crippen MR) is 90.5 cm³/mol. The van der Waals surface area contributed by atoms with E-state index in [0.717, 1.165) is 18.9 Å². The molecule has 2 aliphatic rings. The molecule has 3 N–H and O–H groups in total. The number of quaternary nitrogens is 1. The van der Waals surface area contributed by atoms with Crippen LogP contribution in [0.1, 0.15) is 43.2 Å². The molecule has 1 fully saturated rings. The molecule has 0 aromatic carbocycles. The van der Waals surface area contributed by atoms with E-state index in [0.29, 0.717) is 12.6 Å². The van der Waals surface area contributed by atoms with Gasteiger partial charge >= 0.3 is 0 Å². The summed E-state index contributed by atoms with van der Waals surface area (Å²) in [7, 11) is 0. The Balaban J connectivity index is 1.55. The molecule has 5 nitrogen and oxygen atoms in total. The fourth-order valence-corrected chi connectivity index (χ4v) is 4.45. The molecule has 23 heavy (non-hydrogen) atoms. The van der Waals surface area contributed by atoms with Gasteiger partial charge in [0.25, 0.3) is 5.91 Å². The first-order chi connectivity index (χ1) is 11.0. The van der Waals surface area contributed by atoms with Crippen LogP contribution in [0, 0.1) is 5.92 Å². The van der Waals surface area contributed by atoms with Crippen molar-refractivity contribution >= 4 is 23.2 Å². The van der Waals surface area contributed by atoms with Gasteiger partial charge in [0, 0.05) is 28.8 Å². The summed E-state index contributed by atoms with van der Waals surface area (Å²) in [6.45, 7) is 5.38. The number of fused-ring (bicyclic) bond motifs is 1. The fraction of sp³-hybridized carbons (Fsp3) is 0.647. The highest BCUT2D eigenvalue weighted by Gasteiger charge is 2.43. The molecule has 2 heterocycles. The molecule has 2 atom stereocenters. The molecule has 1 saturated carbocycles. The van der Waals surface area contributed by atoms with Crippen LogP contribution in [0.25, 0.3) is 0 Å². The van der Waals surface area contributed by atoms with Crippen molar-refractivity contribution in [1.29, 1.82) is 0 Å². The number of hydrogen-bond acceptors (Lipinski definition) is 3. The number of amides is 2. The number of carbonyl (C=O) groups is 2. The van der Waals surface area contributed by atoms with Gasteiger partial charge in [-0.15, -0.1) is 11.3 Å². The first-order valence-electron chi connectivity index (χ1n) is 8.51. The van der Waals surface area contributed by atoms with E-state index in [4.69, 9.17) is 0 Å². The molecule has 3 rings (SSSR count). The Morgan fingerprint density at radius 1 is 1.35 bits per heavy atom. The van der Waals surface area contributed by atoms with E-state index in [1.165, 1.54) is 28.2 Å². The Labute approximate surface area is 141 Å². The van der Waals surface area contributed by atoms with Crippen molar-refractivity contribution in [2.45, 2.75) is 45.2 Å². The lowest BCUT2D eigenvalue weighted by molar-refractivity contribution is -0.928. The molecule has 1 aliphatic heterocycles. The number of nitrogens with one attached hydrogen (secondary N) is 3. The van der Waals surface area contributed by atoms with Crippen LogP contribution in [-0.2, 0) is 16.0 Å². The molecular weight excluding hydrogens is 310 g/mol. The van der Waals surface area contributed by atoms with Gasteiger partial charge in [0.2, 0.25) is 5.91 Å². The molecule has 1 aromatic heterocycles. The monoisotopic (exact) mass is 336 g/mol. The highest BCUT2D eigenvalue weighted by molar-refractivity contribution is 7.10. The fourth-order valence-electron chi connectivity index (χ4n) is 3.52. The van der Waals surface area contributed by atoms with Crippen LogP contribution in [0.3, 0.4) is 0 Å². The Morgan fingerprint density at radius 2 is 2.13 bits per heavy atom. The molecule has 126 valence electrons. The summed E-state index contributed by atoms with van der Waals surface area (Å²) in [5.74, 6) is 0.583. The van der Waals surface area contributed by atoms with Crippen molar-refractivity contribution < 1.29 is 14.5 Å². The maximum Gasteiger partial charge on any atom is 0.275 e. The average Bonchev–Trinajstić information content (AvgIpc) is 3.21. The normalized spacial score (nSPS) is 23.4. The topological polar surface area (TPSA) is 62.6 Å². The molecule has 1 aliphatic carbocycles. The van der Waals surface area contributed by atoms with Gasteiger partial charge in [-0.25, -0.2) is 0 Å². The highest BCUT2D eigenvalue weighted by Crippen LogP contribution is 2.42. The SMILES string of the molecule is CC(C)NC(=O)CNC(=O)C[NH+]1CCc2sccc2[C@@H]1C1CC1. The van der Waals surface area contributed by atoms with Crippen molar-refractivity contribution in [3.63, 3.8) is 0 Å². The molecular formula is C17H26N3O2S+. The molecule has 0 saturated heterocycles. The Bertz CT molecular complexity index is 580. The van der Waals surface area contributed by atoms with Crippen LogP contribution in [0.2, 0.25) is 0 Å². The zero-order valence-electron chi connectivity index (χ0n) is 13.9. The smallest absolute Gasteiger partial charge is 0.275 e. The summed E-state index contributed by atoms with van der Waals surface area (Å²) >= 11 is 1.85. The van der Waals surface area contributed by atoms with E-state index in [1.807, 2.05) is 25.2 Å². The number of hydrogen-bond donors (Lipinski definition) is 3. The van der Waals surface area contributed by atoms with Gasteiger partial charge in [0.05, 0.1) is 13.1 Å². The summed E-state index contributed by atoms with van der Waals surface area (Å²) in [5, 5.41) is 7.73. The molecule has 6 heteroatoms. The van der Waals surface area contributed by atoms with Gasteiger partial charge in [-0.05, 0) is 38.1 Å². The second kappa shape index (κ2) is 7.01. The van der Waals surface area contributed by atoms with Crippen LogP contribution >= 0.6 is 11.3 Å². The van der Waals surface area contributed by atoms with Crippen LogP contribution in [0.5, 0.6) is 0 Å². The van der Waals surface area contributed by atoms with Gasteiger partial charge in [0.15, 0.2) is 6.54 Å². The van der Waals surface area contributed by atoms with Crippen LogP contribution < -0.4 is 15.5 Å². The second-order valence-corrected chi connectivity index (χ2v) is 7.95. The van der Waals surface area contributed by atoms with Gasteiger partial charge in [-0.3, -0.25) is 9.59 Å². The van der Waals surface area contributed by atoms with E-state index in [9.17, 15) is 9.59 Å². The van der Waals surface area contributed by atoms with E-state index in [2.05, 4.69) is 22.1 Å². The summed E-state index contributed by atoms with van der Waals surface area (Å²) < 4.78 is 0. The maximum absolute atomic E-state index is 12.2. The molecule has 0 radical (unpaired) electrons. The molecule has 1 unspecified atom stereocenters. The van der Waals surface area contributed by atoms with Crippen LogP contribution in [0.15, 0.2) is 11.4 Å². The Morgan fingerprint density at radius 3 is 2.83 bits per heavy atom. The third-order valence-electron chi connectivity index (χ3n) is 4.60. The molecule has 0 bridgehead atoms. The van der Waals surface area contributed by atoms with Gasteiger partial charge < -0.3 is 15.5 Å². The summed E-state index contributed by atoms with van der Waals surface area (Å²) in [5.41, 5.74) is 1.46. The van der Waals surface area contributed by atoms with Crippen LogP contribution in [-0.4, -0.2) is 37.5 Å². The van der Waals surface area contributed by atoms with Crippen molar-refractivity contribution in [2.24, 2.45) is 5.92 Å². The number of carbonyl (C=O) groups excluding carboxylic acids is 2. The van der Waals surface area contributed by atoms with Gasteiger partial charge in [-0.1, -0.05) is 0 Å². The summed E-state index contributed by atoms with van der Waals surface area (Å²) in [6.07, 6.45) is 3.62. The second-order valence-electron chi connectivity index (χ2n) is 6.95. The minimum atomic E-state index is -0.124. The highest BCUT2D eigenvalue weighted by atomic mass is 32.1. The largest absolute Gasteiger partial charge is 0.352 e. The molecule has 0 spiro atoms. The third-order valence-corrected chi connectivity index (χ3v) is 5.60. The Hall–Kier alpha value is -1.40. The van der Waals surface area contributed by atoms with E-state index >= 15 is 0 Å².